The van der Waals surface area contributed by atoms with Crippen molar-refractivity contribution in [3.63, 3.8) is 0 Å². The van der Waals surface area contributed by atoms with E-state index in [-0.39, 0.29) is 22.2 Å². The summed E-state index contributed by atoms with van der Waals surface area (Å²) in [5, 5.41) is 24.4. The van der Waals surface area contributed by atoms with Crippen LogP contribution in [0, 0.1) is 17.3 Å². The Hall–Kier alpha value is -1.25. The molecular weight excluding hydrogens is 484 g/mol. The smallest absolute Gasteiger partial charge is 0.122 e. The molecule has 2 N–H and O–H groups in total. The molecule has 2 aromatic rings. The fraction of sp³-hybridized carbons (Fsp3) is 0.733. The maximum absolute atomic E-state index is 12.2. The Labute approximate surface area is 224 Å². The molecule has 0 radical (unpaired) electrons. The SMILES string of the molecule is C[C@@H]1CC[C@@H](c2ccoc2)N2[C@@H](O)[C@]3(CC[C@@H]12)C[C@]1(CC[C@H]2[C@H](C)CC[C@@H](c4ccoc4)N2[C@@H]1O)CS3. The monoisotopic (exact) mass is 526 g/mol. The van der Waals surface area contributed by atoms with Gasteiger partial charge in [-0.3, -0.25) is 9.80 Å². The average molecular weight is 527 g/mol. The standard InChI is InChI=1S/C30H42N2O4S/c1-19-3-5-25(21-9-13-35-15-21)31-23(19)7-11-29(27(31)33)17-30(37-18-29)12-8-24-20(2)4-6-26(32(24)28(30)34)22-10-14-36-16-22/h9-10,13-16,19-20,23-28,33-34H,3-8,11-12,17-18H2,1-2H3/t19-,20-,23+,24+,25+,26+,27-,28+,29-,30+/m1/s1. The molecule has 0 saturated carbocycles. The second kappa shape index (κ2) is 9.16. The molecule has 5 aliphatic heterocycles. The van der Waals surface area contributed by atoms with E-state index in [2.05, 4.69) is 35.8 Å². The summed E-state index contributed by atoms with van der Waals surface area (Å²) < 4.78 is 10.7. The highest BCUT2D eigenvalue weighted by Gasteiger charge is 2.63. The van der Waals surface area contributed by atoms with Crippen LogP contribution in [0.25, 0.3) is 0 Å². The second-order valence-corrected chi connectivity index (χ2v) is 14.4. The first-order valence-electron chi connectivity index (χ1n) is 14.5. The van der Waals surface area contributed by atoms with Gasteiger partial charge < -0.3 is 19.0 Å². The van der Waals surface area contributed by atoms with Crippen LogP contribution in [0.5, 0.6) is 0 Å². The number of piperidine rings is 4. The van der Waals surface area contributed by atoms with E-state index in [4.69, 9.17) is 8.83 Å². The van der Waals surface area contributed by atoms with Gasteiger partial charge in [-0.25, -0.2) is 0 Å². The van der Waals surface area contributed by atoms with E-state index in [1.807, 2.05) is 24.3 Å². The Balaban J connectivity index is 1.18. The molecule has 6 nitrogen and oxygen atoms in total. The van der Waals surface area contributed by atoms with E-state index >= 15 is 0 Å². The molecule has 7 heteroatoms. The molecule has 0 unspecified atom stereocenters. The van der Waals surface area contributed by atoms with E-state index in [0.29, 0.717) is 23.9 Å². The van der Waals surface area contributed by atoms with Gasteiger partial charge in [0.25, 0.3) is 0 Å². The fourth-order valence-electron chi connectivity index (χ4n) is 9.06. The molecule has 5 aliphatic rings. The zero-order valence-corrected chi connectivity index (χ0v) is 23.0. The lowest BCUT2D eigenvalue weighted by molar-refractivity contribution is -0.191. The molecule has 10 atom stereocenters. The van der Waals surface area contributed by atoms with Crippen LogP contribution in [-0.2, 0) is 0 Å². The molecule has 0 bridgehead atoms. The summed E-state index contributed by atoms with van der Waals surface area (Å²) in [4.78, 5) is 4.90. The predicted octanol–water partition coefficient (Wildman–Crippen LogP) is 5.94. The van der Waals surface area contributed by atoms with E-state index in [1.54, 1.807) is 12.5 Å². The molecule has 5 saturated heterocycles. The van der Waals surface area contributed by atoms with Crippen molar-refractivity contribution < 1.29 is 19.0 Å². The quantitative estimate of drug-likeness (QED) is 0.501. The molecule has 2 spiro atoms. The van der Waals surface area contributed by atoms with Crippen LogP contribution in [0.2, 0.25) is 0 Å². The highest BCUT2D eigenvalue weighted by molar-refractivity contribution is 8.01. The summed E-state index contributed by atoms with van der Waals surface area (Å²) in [7, 11) is 0. The van der Waals surface area contributed by atoms with Gasteiger partial charge in [-0.15, -0.1) is 0 Å². The minimum absolute atomic E-state index is 0.180. The molecule has 0 aliphatic carbocycles. The first kappa shape index (κ1) is 24.8. The van der Waals surface area contributed by atoms with Crippen LogP contribution in [0.1, 0.15) is 94.8 Å². The van der Waals surface area contributed by atoms with Gasteiger partial charge in [0.2, 0.25) is 0 Å². The lowest BCUT2D eigenvalue weighted by Crippen LogP contribution is -2.64. The van der Waals surface area contributed by atoms with Gasteiger partial charge in [0, 0.05) is 46.5 Å². The third-order valence-electron chi connectivity index (χ3n) is 11.1. The summed E-state index contributed by atoms with van der Waals surface area (Å²) in [5.74, 6) is 2.10. The zero-order valence-electron chi connectivity index (χ0n) is 22.2. The van der Waals surface area contributed by atoms with Crippen molar-refractivity contribution >= 4 is 11.8 Å². The van der Waals surface area contributed by atoms with Crippen molar-refractivity contribution in [1.82, 2.24) is 9.80 Å². The largest absolute Gasteiger partial charge is 0.472 e. The van der Waals surface area contributed by atoms with Gasteiger partial charge in [-0.1, -0.05) is 13.8 Å². The molecule has 7 heterocycles. The van der Waals surface area contributed by atoms with Crippen LogP contribution < -0.4 is 0 Å². The first-order chi connectivity index (χ1) is 17.9. The lowest BCUT2D eigenvalue weighted by Gasteiger charge is -2.58. The maximum Gasteiger partial charge on any atom is 0.122 e. The number of hydrogen-bond donors (Lipinski definition) is 2. The van der Waals surface area contributed by atoms with E-state index in [1.165, 1.54) is 24.0 Å². The average Bonchev–Trinajstić information content (AvgIpc) is 3.68. The Morgan fingerprint density at radius 3 is 1.92 bits per heavy atom. The predicted molar refractivity (Wildman–Crippen MR) is 144 cm³/mol. The van der Waals surface area contributed by atoms with Crippen molar-refractivity contribution in [2.45, 2.75) is 113 Å². The van der Waals surface area contributed by atoms with E-state index in [9.17, 15) is 10.2 Å². The third-order valence-corrected chi connectivity index (χ3v) is 13.0. The van der Waals surface area contributed by atoms with E-state index < -0.39 is 12.5 Å². The van der Waals surface area contributed by atoms with Gasteiger partial charge in [-0.05, 0) is 81.8 Å². The highest BCUT2D eigenvalue weighted by atomic mass is 32.2. The van der Waals surface area contributed by atoms with Crippen LogP contribution in [-0.4, -0.2) is 55.1 Å². The molecule has 37 heavy (non-hydrogen) atoms. The molecule has 7 rings (SSSR count). The van der Waals surface area contributed by atoms with Crippen LogP contribution in [0.4, 0.5) is 0 Å². The summed E-state index contributed by atoms with van der Waals surface area (Å²) in [5.41, 5.74) is 2.20. The molecule has 202 valence electrons. The number of aliphatic hydroxyl groups is 2. The topological polar surface area (TPSA) is 73.2 Å². The van der Waals surface area contributed by atoms with Crippen LogP contribution in [0.15, 0.2) is 46.0 Å². The van der Waals surface area contributed by atoms with Crippen LogP contribution >= 0.6 is 11.8 Å². The minimum Gasteiger partial charge on any atom is -0.472 e. The molecule has 5 fully saturated rings. The number of rotatable bonds is 2. The van der Waals surface area contributed by atoms with Gasteiger partial charge >= 0.3 is 0 Å². The zero-order chi connectivity index (χ0) is 25.4. The maximum atomic E-state index is 12.2. The van der Waals surface area contributed by atoms with E-state index in [0.717, 1.165) is 50.7 Å². The highest BCUT2D eigenvalue weighted by Crippen LogP contribution is 2.63. The second-order valence-electron chi connectivity index (χ2n) is 13.0. The van der Waals surface area contributed by atoms with Gasteiger partial charge in [0.15, 0.2) is 0 Å². The summed E-state index contributed by atoms with van der Waals surface area (Å²) in [6.07, 6.45) is 16.0. The molecule has 2 aromatic heterocycles. The van der Waals surface area contributed by atoms with Crippen molar-refractivity contribution in [3.8, 4) is 0 Å². The number of hydrogen-bond acceptors (Lipinski definition) is 7. The Morgan fingerprint density at radius 2 is 1.35 bits per heavy atom. The lowest BCUT2D eigenvalue weighted by atomic mass is 9.65. The van der Waals surface area contributed by atoms with Crippen molar-refractivity contribution in [1.29, 1.82) is 0 Å². The van der Waals surface area contributed by atoms with Crippen molar-refractivity contribution in [3.05, 3.63) is 48.3 Å². The number of thioether (sulfide) groups is 1. The summed E-state index contributed by atoms with van der Waals surface area (Å²) in [6, 6.07) is 5.38. The minimum atomic E-state index is -0.506. The van der Waals surface area contributed by atoms with Gasteiger partial charge in [0.05, 0.1) is 29.8 Å². The normalized spacial score (nSPS) is 46.8. The number of furan rings is 2. The Morgan fingerprint density at radius 1 is 0.784 bits per heavy atom. The Bertz CT molecular complexity index is 993. The first-order valence-corrected chi connectivity index (χ1v) is 15.5. The third kappa shape index (κ3) is 3.75. The van der Waals surface area contributed by atoms with Crippen molar-refractivity contribution in [2.75, 3.05) is 5.75 Å². The number of nitrogens with zero attached hydrogens (tertiary/aromatic N) is 2. The molecule has 0 amide bonds. The fourth-order valence-corrected chi connectivity index (χ4v) is 11.0. The number of fused-ring (bicyclic) bond motifs is 2. The van der Waals surface area contributed by atoms with Gasteiger partial charge in [-0.2, -0.15) is 11.8 Å². The van der Waals surface area contributed by atoms with Crippen LogP contribution in [0.3, 0.4) is 0 Å². The van der Waals surface area contributed by atoms with Gasteiger partial charge in [0.1, 0.15) is 12.5 Å². The summed E-state index contributed by atoms with van der Waals surface area (Å²) in [6.45, 7) is 4.72. The molecular formula is C30H42N2O4S. The Kier molecular flexibility index (Phi) is 6.13. The molecule has 0 aromatic carbocycles. The van der Waals surface area contributed by atoms with Crippen molar-refractivity contribution in [2.24, 2.45) is 17.3 Å². The summed E-state index contributed by atoms with van der Waals surface area (Å²) >= 11 is 1.96. The number of aliphatic hydroxyl groups excluding tert-OH is 2.